The van der Waals surface area contributed by atoms with E-state index < -0.39 is 0 Å². The molecule has 21 heavy (non-hydrogen) atoms. The molecule has 0 heterocycles. The van der Waals surface area contributed by atoms with Crippen molar-refractivity contribution in [1.82, 2.24) is 0 Å². The van der Waals surface area contributed by atoms with Gasteiger partial charge in [-0.15, -0.1) is 6.58 Å². The van der Waals surface area contributed by atoms with Crippen LogP contribution in [-0.4, -0.2) is 46.9 Å². The number of unbranched alkanes of at least 4 members (excludes halogenated alkanes) is 6. The van der Waals surface area contributed by atoms with Gasteiger partial charge in [0.1, 0.15) is 0 Å². The fourth-order valence-corrected chi connectivity index (χ4v) is 2.05. The van der Waals surface area contributed by atoms with E-state index in [9.17, 15) is 0 Å². The highest BCUT2D eigenvalue weighted by atomic mass is 16.7. The lowest BCUT2D eigenvalue weighted by molar-refractivity contribution is -0.158. The summed E-state index contributed by atoms with van der Waals surface area (Å²) in [6.45, 7) is 6.11. The van der Waals surface area contributed by atoms with Crippen molar-refractivity contribution in [1.29, 1.82) is 0 Å². The third kappa shape index (κ3) is 15.8. The van der Waals surface area contributed by atoms with Gasteiger partial charge < -0.3 is 18.9 Å². The molecule has 0 N–H and O–H groups in total. The van der Waals surface area contributed by atoms with Crippen molar-refractivity contribution in [3.8, 4) is 0 Å². The quantitative estimate of drug-likeness (QED) is 0.232. The lowest BCUT2D eigenvalue weighted by Gasteiger charge is -2.18. The summed E-state index contributed by atoms with van der Waals surface area (Å²) in [5, 5.41) is 0. The standard InChI is InChI=1S/C17H34O4/c1-4-5-6-7-8-9-10-11-12-17(20-15-13-18-2)21-16-14-19-3/h4,17H,1,5-16H2,2-3H3. The largest absolute Gasteiger partial charge is 0.382 e. The Morgan fingerprint density at radius 3 is 1.81 bits per heavy atom. The highest BCUT2D eigenvalue weighted by molar-refractivity contribution is 4.65. The molecule has 0 rings (SSSR count). The van der Waals surface area contributed by atoms with E-state index in [1.54, 1.807) is 14.2 Å². The Balaban J connectivity index is 3.56. The summed E-state index contributed by atoms with van der Waals surface area (Å²) in [6.07, 6.45) is 11.5. The third-order valence-electron chi connectivity index (χ3n) is 3.28. The fraction of sp³-hybridized carbons (Fsp3) is 0.882. The van der Waals surface area contributed by atoms with E-state index in [0.717, 1.165) is 19.3 Å². The molecule has 0 bridgehead atoms. The van der Waals surface area contributed by atoms with Crippen LogP contribution in [0.25, 0.3) is 0 Å². The molecular formula is C17H34O4. The first-order chi connectivity index (χ1) is 10.3. The highest BCUT2D eigenvalue weighted by Crippen LogP contribution is 2.12. The summed E-state index contributed by atoms with van der Waals surface area (Å²) in [5.74, 6) is 0. The molecule has 0 saturated carbocycles. The maximum Gasteiger partial charge on any atom is 0.157 e. The smallest absolute Gasteiger partial charge is 0.157 e. The zero-order valence-corrected chi connectivity index (χ0v) is 14.0. The molecule has 126 valence electrons. The molecule has 0 spiro atoms. The van der Waals surface area contributed by atoms with Gasteiger partial charge in [0, 0.05) is 14.2 Å². The maximum atomic E-state index is 5.67. The van der Waals surface area contributed by atoms with Crippen LogP contribution in [0.4, 0.5) is 0 Å². The topological polar surface area (TPSA) is 36.9 Å². The molecule has 0 aliphatic rings. The van der Waals surface area contributed by atoms with Gasteiger partial charge in [0.15, 0.2) is 6.29 Å². The van der Waals surface area contributed by atoms with E-state index in [4.69, 9.17) is 18.9 Å². The molecule has 0 atom stereocenters. The predicted octanol–water partition coefficient (Wildman–Crippen LogP) is 3.95. The van der Waals surface area contributed by atoms with Crippen LogP contribution in [-0.2, 0) is 18.9 Å². The number of allylic oxidation sites excluding steroid dienone is 1. The van der Waals surface area contributed by atoms with E-state index in [-0.39, 0.29) is 6.29 Å². The van der Waals surface area contributed by atoms with Crippen molar-refractivity contribution in [2.75, 3.05) is 40.6 Å². The molecule has 4 nitrogen and oxygen atoms in total. The molecule has 0 aromatic carbocycles. The van der Waals surface area contributed by atoms with Gasteiger partial charge in [0.2, 0.25) is 0 Å². The van der Waals surface area contributed by atoms with Gasteiger partial charge >= 0.3 is 0 Å². The van der Waals surface area contributed by atoms with Crippen LogP contribution in [0.15, 0.2) is 12.7 Å². The molecule has 0 aliphatic heterocycles. The molecule has 0 aromatic rings. The fourth-order valence-electron chi connectivity index (χ4n) is 2.05. The molecule has 0 unspecified atom stereocenters. The molecule has 0 radical (unpaired) electrons. The lowest BCUT2D eigenvalue weighted by atomic mass is 10.1. The van der Waals surface area contributed by atoms with E-state index >= 15 is 0 Å². The van der Waals surface area contributed by atoms with Gasteiger partial charge in [-0.05, 0) is 25.7 Å². The van der Waals surface area contributed by atoms with Gasteiger partial charge in [-0.1, -0.05) is 31.8 Å². The molecule has 0 amide bonds. The SMILES string of the molecule is C=CCCCCCCCCC(OCCOC)OCCOC. The van der Waals surface area contributed by atoms with Crippen molar-refractivity contribution < 1.29 is 18.9 Å². The van der Waals surface area contributed by atoms with Crippen LogP contribution in [0.3, 0.4) is 0 Å². The first-order valence-electron chi connectivity index (χ1n) is 8.17. The Morgan fingerprint density at radius 1 is 0.762 bits per heavy atom. The van der Waals surface area contributed by atoms with E-state index in [1.807, 2.05) is 6.08 Å². The van der Waals surface area contributed by atoms with Gasteiger partial charge in [-0.3, -0.25) is 0 Å². The summed E-state index contributed by atoms with van der Waals surface area (Å²) < 4.78 is 21.3. The minimum absolute atomic E-state index is 0.129. The summed E-state index contributed by atoms with van der Waals surface area (Å²) in [6, 6.07) is 0. The molecule has 0 saturated heterocycles. The summed E-state index contributed by atoms with van der Waals surface area (Å²) in [4.78, 5) is 0. The maximum absolute atomic E-state index is 5.67. The van der Waals surface area contributed by atoms with Gasteiger partial charge in [-0.2, -0.15) is 0 Å². The predicted molar refractivity (Wildman–Crippen MR) is 86.6 cm³/mol. The van der Waals surface area contributed by atoms with Crippen LogP contribution in [0.5, 0.6) is 0 Å². The van der Waals surface area contributed by atoms with Crippen molar-refractivity contribution in [2.24, 2.45) is 0 Å². The van der Waals surface area contributed by atoms with Gasteiger partial charge in [0.25, 0.3) is 0 Å². The minimum atomic E-state index is -0.129. The second-order valence-corrected chi connectivity index (χ2v) is 5.14. The van der Waals surface area contributed by atoms with Crippen LogP contribution >= 0.6 is 0 Å². The van der Waals surface area contributed by atoms with Crippen LogP contribution in [0.2, 0.25) is 0 Å². The minimum Gasteiger partial charge on any atom is -0.382 e. The summed E-state index contributed by atoms with van der Waals surface area (Å²) in [5.41, 5.74) is 0. The van der Waals surface area contributed by atoms with Crippen LogP contribution in [0.1, 0.15) is 51.4 Å². The highest BCUT2D eigenvalue weighted by Gasteiger charge is 2.09. The monoisotopic (exact) mass is 302 g/mol. The van der Waals surface area contributed by atoms with E-state index in [2.05, 4.69) is 6.58 Å². The van der Waals surface area contributed by atoms with Crippen LogP contribution in [0, 0.1) is 0 Å². The Morgan fingerprint density at radius 2 is 1.29 bits per heavy atom. The zero-order valence-electron chi connectivity index (χ0n) is 14.0. The average molecular weight is 302 g/mol. The lowest BCUT2D eigenvalue weighted by Crippen LogP contribution is -2.21. The number of ether oxygens (including phenoxy) is 4. The van der Waals surface area contributed by atoms with Crippen molar-refractivity contribution >= 4 is 0 Å². The Bertz CT molecular complexity index is 199. The number of hydrogen-bond donors (Lipinski definition) is 0. The first kappa shape index (κ1) is 20.6. The Hall–Kier alpha value is -0.420. The second-order valence-electron chi connectivity index (χ2n) is 5.14. The normalized spacial score (nSPS) is 11.2. The van der Waals surface area contributed by atoms with E-state index in [0.29, 0.717) is 26.4 Å². The summed E-state index contributed by atoms with van der Waals surface area (Å²) in [7, 11) is 3.35. The first-order valence-corrected chi connectivity index (χ1v) is 8.17. The van der Waals surface area contributed by atoms with Crippen LogP contribution < -0.4 is 0 Å². The molecule has 0 fully saturated rings. The molecule has 0 aromatic heterocycles. The van der Waals surface area contributed by atoms with E-state index in [1.165, 1.54) is 32.1 Å². The molecule has 0 aliphatic carbocycles. The number of methoxy groups -OCH3 is 2. The van der Waals surface area contributed by atoms with Gasteiger partial charge in [0.05, 0.1) is 26.4 Å². The van der Waals surface area contributed by atoms with Gasteiger partial charge in [-0.25, -0.2) is 0 Å². The number of hydrogen-bond acceptors (Lipinski definition) is 4. The van der Waals surface area contributed by atoms with Crippen molar-refractivity contribution in [2.45, 2.75) is 57.7 Å². The second kappa shape index (κ2) is 17.6. The average Bonchev–Trinajstić information content (AvgIpc) is 2.49. The van der Waals surface area contributed by atoms with Crippen molar-refractivity contribution in [3.63, 3.8) is 0 Å². The summed E-state index contributed by atoms with van der Waals surface area (Å²) >= 11 is 0. The Kier molecular flexibility index (Phi) is 17.3. The molecular weight excluding hydrogens is 268 g/mol. The van der Waals surface area contributed by atoms with Crippen molar-refractivity contribution in [3.05, 3.63) is 12.7 Å². The Labute approximate surface area is 130 Å². The number of rotatable bonds is 17. The third-order valence-corrected chi connectivity index (χ3v) is 3.28. The zero-order chi connectivity index (χ0) is 15.6. The molecule has 4 heteroatoms.